The molecule has 0 heterocycles. The van der Waals surface area contributed by atoms with Gasteiger partial charge in [-0.2, -0.15) is 0 Å². The number of benzene rings is 1. The summed E-state index contributed by atoms with van der Waals surface area (Å²) in [6.07, 6.45) is 1.03. The SMILES string of the molecule is CCCC(=O)NCC(=O)NCC(O)Cc1ccccc1. The monoisotopic (exact) mass is 278 g/mol. The molecule has 110 valence electrons. The van der Waals surface area contributed by atoms with Crippen LogP contribution in [0.5, 0.6) is 0 Å². The van der Waals surface area contributed by atoms with Gasteiger partial charge in [-0.1, -0.05) is 37.3 Å². The molecule has 20 heavy (non-hydrogen) atoms. The summed E-state index contributed by atoms with van der Waals surface area (Å²) < 4.78 is 0. The van der Waals surface area contributed by atoms with Crippen LogP contribution in [0.1, 0.15) is 25.3 Å². The van der Waals surface area contributed by atoms with Crippen LogP contribution >= 0.6 is 0 Å². The number of hydrogen-bond donors (Lipinski definition) is 3. The molecule has 0 aromatic heterocycles. The highest BCUT2D eigenvalue weighted by atomic mass is 16.3. The van der Waals surface area contributed by atoms with Crippen LogP contribution in [0.2, 0.25) is 0 Å². The molecule has 5 nitrogen and oxygen atoms in total. The lowest BCUT2D eigenvalue weighted by Crippen LogP contribution is -2.40. The fourth-order valence-electron chi connectivity index (χ4n) is 1.75. The third-order valence-corrected chi connectivity index (χ3v) is 2.77. The van der Waals surface area contributed by atoms with Crippen molar-refractivity contribution in [1.82, 2.24) is 10.6 Å². The van der Waals surface area contributed by atoms with Gasteiger partial charge in [0, 0.05) is 19.4 Å². The summed E-state index contributed by atoms with van der Waals surface area (Å²) in [6.45, 7) is 2.04. The Hall–Kier alpha value is -1.88. The number of hydrogen-bond acceptors (Lipinski definition) is 3. The molecule has 1 aromatic carbocycles. The average Bonchev–Trinajstić information content (AvgIpc) is 2.44. The minimum Gasteiger partial charge on any atom is -0.391 e. The van der Waals surface area contributed by atoms with Gasteiger partial charge in [-0.15, -0.1) is 0 Å². The van der Waals surface area contributed by atoms with E-state index < -0.39 is 6.10 Å². The predicted molar refractivity (Wildman–Crippen MR) is 77.1 cm³/mol. The van der Waals surface area contributed by atoms with Crippen LogP contribution in [-0.4, -0.2) is 36.1 Å². The smallest absolute Gasteiger partial charge is 0.239 e. The van der Waals surface area contributed by atoms with E-state index in [1.807, 2.05) is 37.3 Å². The highest BCUT2D eigenvalue weighted by Gasteiger charge is 2.08. The van der Waals surface area contributed by atoms with E-state index in [9.17, 15) is 14.7 Å². The maximum absolute atomic E-state index is 11.5. The summed E-state index contributed by atoms with van der Waals surface area (Å²) in [7, 11) is 0. The standard InChI is InChI=1S/C15H22N2O3/c1-2-6-14(19)17-11-15(20)16-10-13(18)9-12-7-4-3-5-8-12/h3-5,7-8,13,18H,2,6,9-11H2,1H3,(H,16,20)(H,17,19). The van der Waals surface area contributed by atoms with Crippen molar-refractivity contribution in [2.45, 2.75) is 32.3 Å². The molecular weight excluding hydrogens is 256 g/mol. The first-order valence-electron chi connectivity index (χ1n) is 6.87. The van der Waals surface area contributed by atoms with Gasteiger partial charge in [0.05, 0.1) is 12.6 Å². The number of carbonyl (C=O) groups excluding carboxylic acids is 2. The first-order valence-corrected chi connectivity index (χ1v) is 6.87. The minimum absolute atomic E-state index is 0.0448. The Morgan fingerprint density at radius 2 is 1.85 bits per heavy atom. The van der Waals surface area contributed by atoms with Crippen LogP contribution in [0.4, 0.5) is 0 Å². The summed E-state index contributed by atoms with van der Waals surface area (Å²) >= 11 is 0. The van der Waals surface area contributed by atoms with Crippen molar-refractivity contribution < 1.29 is 14.7 Å². The molecule has 0 aliphatic heterocycles. The number of carbonyl (C=O) groups is 2. The molecule has 5 heteroatoms. The van der Waals surface area contributed by atoms with Crippen molar-refractivity contribution in [1.29, 1.82) is 0 Å². The van der Waals surface area contributed by atoms with E-state index in [0.717, 1.165) is 12.0 Å². The number of amides is 2. The van der Waals surface area contributed by atoms with E-state index >= 15 is 0 Å². The zero-order valence-corrected chi connectivity index (χ0v) is 11.8. The third kappa shape index (κ3) is 6.89. The maximum atomic E-state index is 11.5. The Labute approximate surface area is 119 Å². The van der Waals surface area contributed by atoms with Crippen molar-refractivity contribution in [2.24, 2.45) is 0 Å². The van der Waals surface area contributed by atoms with Gasteiger partial charge >= 0.3 is 0 Å². The zero-order chi connectivity index (χ0) is 14.8. The number of rotatable bonds is 8. The molecular formula is C15H22N2O3. The van der Waals surface area contributed by atoms with E-state index in [2.05, 4.69) is 10.6 Å². The summed E-state index contributed by atoms with van der Waals surface area (Å²) in [4.78, 5) is 22.7. The van der Waals surface area contributed by atoms with Gasteiger partial charge in [-0.25, -0.2) is 0 Å². The number of aliphatic hydroxyl groups is 1. The molecule has 2 amide bonds. The van der Waals surface area contributed by atoms with Crippen LogP contribution < -0.4 is 10.6 Å². The quantitative estimate of drug-likeness (QED) is 0.652. The van der Waals surface area contributed by atoms with Gasteiger partial charge in [-0.3, -0.25) is 9.59 Å². The highest BCUT2D eigenvalue weighted by Crippen LogP contribution is 2.02. The molecule has 0 aliphatic carbocycles. The van der Waals surface area contributed by atoms with Gasteiger partial charge in [0.25, 0.3) is 0 Å². The van der Waals surface area contributed by atoms with Crippen molar-refractivity contribution in [2.75, 3.05) is 13.1 Å². The minimum atomic E-state index is -0.632. The van der Waals surface area contributed by atoms with Crippen molar-refractivity contribution >= 4 is 11.8 Å². The maximum Gasteiger partial charge on any atom is 0.239 e. The zero-order valence-electron chi connectivity index (χ0n) is 11.8. The number of nitrogens with one attached hydrogen (secondary N) is 2. The van der Waals surface area contributed by atoms with Crippen LogP contribution in [0.3, 0.4) is 0 Å². The Morgan fingerprint density at radius 3 is 2.50 bits per heavy atom. The average molecular weight is 278 g/mol. The first-order chi connectivity index (χ1) is 9.61. The third-order valence-electron chi connectivity index (χ3n) is 2.77. The van der Waals surface area contributed by atoms with Crippen molar-refractivity contribution in [3.8, 4) is 0 Å². The number of aliphatic hydroxyl groups excluding tert-OH is 1. The summed E-state index contributed by atoms with van der Waals surface area (Å²) in [6, 6.07) is 9.58. The Bertz CT molecular complexity index is 420. The molecule has 0 fully saturated rings. The molecule has 0 radical (unpaired) electrons. The van der Waals surface area contributed by atoms with Gasteiger partial charge < -0.3 is 15.7 Å². The topological polar surface area (TPSA) is 78.4 Å². The van der Waals surface area contributed by atoms with Crippen molar-refractivity contribution in [3.63, 3.8) is 0 Å². The molecule has 0 aliphatic rings. The fourth-order valence-corrected chi connectivity index (χ4v) is 1.75. The molecule has 3 N–H and O–H groups in total. The lowest BCUT2D eigenvalue weighted by atomic mass is 10.1. The van der Waals surface area contributed by atoms with Gasteiger partial charge in [-0.05, 0) is 12.0 Å². The van der Waals surface area contributed by atoms with Gasteiger partial charge in [0.15, 0.2) is 0 Å². The summed E-state index contributed by atoms with van der Waals surface area (Å²) in [5, 5.41) is 14.9. The molecule has 1 rings (SSSR count). The second-order valence-electron chi connectivity index (χ2n) is 4.67. The molecule has 0 bridgehead atoms. The van der Waals surface area contributed by atoms with E-state index in [4.69, 9.17) is 0 Å². The van der Waals surface area contributed by atoms with E-state index in [0.29, 0.717) is 12.8 Å². The second-order valence-corrected chi connectivity index (χ2v) is 4.67. The molecule has 0 spiro atoms. The largest absolute Gasteiger partial charge is 0.391 e. The summed E-state index contributed by atoms with van der Waals surface area (Å²) in [5.41, 5.74) is 1.02. The van der Waals surface area contributed by atoms with Crippen LogP contribution in [-0.2, 0) is 16.0 Å². The first kappa shape index (κ1) is 16.2. The molecule has 0 saturated heterocycles. The predicted octanol–water partition coefficient (Wildman–Crippen LogP) is 0.623. The molecule has 1 aromatic rings. The van der Waals surface area contributed by atoms with Crippen LogP contribution in [0.15, 0.2) is 30.3 Å². The van der Waals surface area contributed by atoms with E-state index in [1.165, 1.54) is 0 Å². The molecule has 1 unspecified atom stereocenters. The van der Waals surface area contributed by atoms with Crippen LogP contribution in [0.25, 0.3) is 0 Å². The Balaban J connectivity index is 2.18. The van der Waals surface area contributed by atoms with Crippen LogP contribution in [0, 0.1) is 0 Å². The Kier molecular flexibility index (Phi) is 7.35. The van der Waals surface area contributed by atoms with Gasteiger partial charge in [0.1, 0.15) is 0 Å². The highest BCUT2D eigenvalue weighted by molar-refractivity contribution is 5.84. The second kappa shape index (κ2) is 9.09. The normalized spacial score (nSPS) is 11.7. The van der Waals surface area contributed by atoms with E-state index in [1.54, 1.807) is 0 Å². The van der Waals surface area contributed by atoms with Crippen molar-refractivity contribution in [3.05, 3.63) is 35.9 Å². The molecule has 0 saturated carbocycles. The van der Waals surface area contributed by atoms with Gasteiger partial charge in [0.2, 0.25) is 11.8 Å². The fraction of sp³-hybridized carbons (Fsp3) is 0.467. The lowest BCUT2D eigenvalue weighted by molar-refractivity contribution is -0.126. The summed E-state index contributed by atoms with van der Waals surface area (Å²) in [5.74, 6) is -0.422. The molecule has 1 atom stereocenters. The van der Waals surface area contributed by atoms with E-state index in [-0.39, 0.29) is 24.9 Å². The lowest BCUT2D eigenvalue weighted by Gasteiger charge is -2.12. The Morgan fingerprint density at radius 1 is 1.15 bits per heavy atom.